The molecule has 3 nitrogen and oxygen atoms in total. The Kier molecular flexibility index (Phi) is 2.02. The summed E-state index contributed by atoms with van der Waals surface area (Å²) in [4.78, 5) is 3.97. The van der Waals surface area contributed by atoms with Gasteiger partial charge in [0.2, 0.25) is 12.4 Å². The number of hydrogen-bond donors (Lipinski definition) is 1. The molecule has 0 aromatic carbocycles. The van der Waals surface area contributed by atoms with Gasteiger partial charge in [-0.2, -0.15) is 0 Å². The van der Waals surface area contributed by atoms with Crippen molar-refractivity contribution in [1.29, 1.82) is 0 Å². The monoisotopic (exact) mass is 252 g/mol. The lowest BCUT2D eigenvalue weighted by Crippen LogP contribution is -2.43. The van der Waals surface area contributed by atoms with Crippen molar-refractivity contribution in [3.63, 3.8) is 0 Å². The molecule has 0 amide bonds. The number of aromatic nitrogens is 2. The quantitative estimate of drug-likeness (QED) is 0.544. The Balaban J connectivity index is 3.17. The predicted octanol–water partition coefficient (Wildman–Crippen LogP) is 0.608. The summed E-state index contributed by atoms with van der Waals surface area (Å²) in [6.45, 7) is 0. The fraction of sp³-hybridized carbons (Fsp3) is 0. The predicted molar refractivity (Wildman–Crippen MR) is 40.0 cm³/mol. The van der Waals surface area contributed by atoms with Crippen LogP contribution in [-0.2, 0) is 0 Å². The number of rotatable bonds is 0. The average Bonchev–Trinajstić information content (AvgIpc) is 1.59. The number of halogens is 2. The maximum atomic E-state index is 5.38. The van der Waals surface area contributed by atoms with Crippen LogP contribution in [0.4, 0.5) is 0 Å². The van der Waals surface area contributed by atoms with Crippen molar-refractivity contribution in [1.82, 2.24) is 4.98 Å². The summed E-state index contributed by atoms with van der Waals surface area (Å²) in [7, 11) is 0. The molecule has 1 heterocycles. The largest absolute Gasteiger partial charge is 0.231 e. The third-order valence-electron chi connectivity index (χ3n) is 0.725. The van der Waals surface area contributed by atoms with Crippen molar-refractivity contribution < 1.29 is 4.68 Å². The van der Waals surface area contributed by atoms with Crippen molar-refractivity contribution >= 4 is 31.9 Å². The zero-order valence-corrected chi connectivity index (χ0v) is 7.55. The van der Waals surface area contributed by atoms with Gasteiger partial charge in [-0.1, -0.05) is 4.68 Å². The SMILES string of the molecule is N[n+]1cc(Br)nc(Br)c1. The van der Waals surface area contributed by atoms with Crippen molar-refractivity contribution in [3.05, 3.63) is 21.6 Å². The van der Waals surface area contributed by atoms with Gasteiger partial charge in [0.15, 0.2) is 9.21 Å². The van der Waals surface area contributed by atoms with Crippen LogP contribution >= 0.6 is 31.9 Å². The van der Waals surface area contributed by atoms with E-state index < -0.39 is 0 Å². The molecule has 9 heavy (non-hydrogen) atoms. The topological polar surface area (TPSA) is 42.8 Å². The molecule has 1 aromatic rings. The molecule has 0 aliphatic heterocycles. The van der Waals surface area contributed by atoms with Crippen molar-refractivity contribution in [3.8, 4) is 0 Å². The van der Waals surface area contributed by atoms with E-state index in [1.54, 1.807) is 12.4 Å². The Hall–Kier alpha value is -0.160. The second-order valence-corrected chi connectivity index (χ2v) is 3.09. The highest BCUT2D eigenvalue weighted by atomic mass is 79.9. The number of nitrogen functional groups attached to an aromatic ring is 1. The van der Waals surface area contributed by atoms with Crippen molar-refractivity contribution in [2.24, 2.45) is 0 Å². The molecule has 0 atom stereocenters. The highest BCUT2D eigenvalue weighted by Crippen LogP contribution is 2.06. The molecule has 0 saturated carbocycles. The summed E-state index contributed by atoms with van der Waals surface area (Å²) in [6.07, 6.45) is 3.32. The van der Waals surface area contributed by atoms with Crippen molar-refractivity contribution in [2.75, 3.05) is 5.84 Å². The first kappa shape index (κ1) is 6.95. The molecule has 0 radical (unpaired) electrons. The summed E-state index contributed by atoms with van der Waals surface area (Å²) in [5.41, 5.74) is 0. The lowest BCUT2D eigenvalue weighted by atomic mass is 10.8. The summed E-state index contributed by atoms with van der Waals surface area (Å²) < 4.78 is 2.83. The Morgan fingerprint density at radius 3 is 2.11 bits per heavy atom. The standard InChI is InChI=1S/C4H4Br2N3/c5-3-1-9(7)2-4(6)8-3/h1-2H,(H2,7,8)/q+1. The summed E-state index contributed by atoms with van der Waals surface area (Å²) >= 11 is 6.34. The lowest BCUT2D eigenvalue weighted by molar-refractivity contribution is -0.640. The van der Waals surface area contributed by atoms with E-state index in [0.29, 0.717) is 9.21 Å². The van der Waals surface area contributed by atoms with Gasteiger partial charge in [0.25, 0.3) is 0 Å². The van der Waals surface area contributed by atoms with E-state index in [1.807, 2.05) is 0 Å². The molecule has 5 heteroatoms. The second-order valence-electron chi connectivity index (χ2n) is 1.46. The van der Waals surface area contributed by atoms with Crippen LogP contribution in [0.2, 0.25) is 0 Å². The average molecular weight is 254 g/mol. The van der Waals surface area contributed by atoms with E-state index in [0.717, 1.165) is 0 Å². The van der Waals surface area contributed by atoms with Crippen molar-refractivity contribution in [2.45, 2.75) is 0 Å². The molecule has 48 valence electrons. The summed E-state index contributed by atoms with van der Waals surface area (Å²) in [5, 5.41) is 0. The maximum Gasteiger partial charge on any atom is 0.231 e. The first-order valence-electron chi connectivity index (χ1n) is 2.18. The van der Waals surface area contributed by atoms with Crippen LogP contribution < -0.4 is 10.5 Å². The first-order valence-corrected chi connectivity index (χ1v) is 3.76. The van der Waals surface area contributed by atoms with Crippen LogP contribution in [0.1, 0.15) is 0 Å². The molecule has 0 saturated heterocycles. The van der Waals surface area contributed by atoms with Crippen LogP contribution in [0, 0.1) is 0 Å². The molecule has 1 aromatic heterocycles. The second kappa shape index (κ2) is 2.62. The molecule has 0 aliphatic rings. The number of nitrogens with two attached hydrogens (primary N) is 1. The minimum Gasteiger partial charge on any atom is -0.221 e. The Morgan fingerprint density at radius 2 is 1.78 bits per heavy atom. The molecule has 0 fully saturated rings. The van der Waals surface area contributed by atoms with Crippen LogP contribution in [0.5, 0.6) is 0 Å². The Bertz CT molecular complexity index is 175. The van der Waals surface area contributed by atoms with Gasteiger partial charge < -0.3 is 0 Å². The van der Waals surface area contributed by atoms with Gasteiger partial charge in [0, 0.05) is 0 Å². The lowest BCUT2D eigenvalue weighted by Gasteiger charge is -1.87. The molecule has 0 unspecified atom stereocenters. The van der Waals surface area contributed by atoms with E-state index in [9.17, 15) is 0 Å². The molecular formula is C4H4Br2N3+. The maximum absolute atomic E-state index is 5.38. The van der Waals surface area contributed by atoms with E-state index in [4.69, 9.17) is 5.84 Å². The van der Waals surface area contributed by atoms with Gasteiger partial charge in [-0.25, -0.2) is 10.8 Å². The molecule has 0 bridgehead atoms. The Morgan fingerprint density at radius 1 is 1.33 bits per heavy atom. The zero-order valence-electron chi connectivity index (χ0n) is 4.38. The molecule has 1 rings (SSSR count). The van der Waals surface area contributed by atoms with Gasteiger partial charge in [-0.15, -0.1) is 0 Å². The van der Waals surface area contributed by atoms with Crippen LogP contribution in [0.15, 0.2) is 21.6 Å². The van der Waals surface area contributed by atoms with Gasteiger partial charge >= 0.3 is 0 Å². The molecule has 2 N–H and O–H groups in total. The van der Waals surface area contributed by atoms with Gasteiger partial charge in [0.1, 0.15) is 0 Å². The fourth-order valence-electron chi connectivity index (χ4n) is 0.443. The summed E-state index contributed by atoms with van der Waals surface area (Å²) in [5.74, 6) is 5.38. The van der Waals surface area contributed by atoms with Gasteiger partial charge in [-0.3, -0.25) is 0 Å². The highest BCUT2D eigenvalue weighted by molar-refractivity contribution is 9.11. The third kappa shape index (κ3) is 1.91. The normalized spacial score (nSPS) is 9.56. The van der Waals surface area contributed by atoms with E-state index in [-0.39, 0.29) is 0 Å². The van der Waals surface area contributed by atoms with Gasteiger partial charge in [-0.05, 0) is 31.9 Å². The van der Waals surface area contributed by atoms with Crippen LogP contribution in [-0.4, -0.2) is 4.98 Å². The minimum atomic E-state index is 0.708. The first-order chi connectivity index (χ1) is 4.18. The summed E-state index contributed by atoms with van der Waals surface area (Å²) in [6, 6.07) is 0. The fourth-order valence-corrected chi connectivity index (χ4v) is 1.54. The smallest absolute Gasteiger partial charge is 0.221 e. The highest BCUT2D eigenvalue weighted by Gasteiger charge is 1.99. The van der Waals surface area contributed by atoms with Crippen LogP contribution in [0.25, 0.3) is 0 Å². The molecule has 0 spiro atoms. The zero-order chi connectivity index (χ0) is 6.85. The number of nitrogens with zero attached hydrogens (tertiary/aromatic N) is 2. The number of hydrogen-bond acceptors (Lipinski definition) is 2. The van der Waals surface area contributed by atoms with Crippen LogP contribution in [0.3, 0.4) is 0 Å². The van der Waals surface area contributed by atoms with E-state index in [2.05, 4.69) is 36.8 Å². The van der Waals surface area contributed by atoms with E-state index >= 15 is 0 Å². The molecule has 0 aliphatic carbocycles. The third-order valence-corrected chi connectivity index (χ3v) is 1.49. The van der Waals surface area contributed by atoms with Gasteiger partial charge in [0.05, 0.1) is 0 Å². The minimum absolute atomic E-state index is 0.708. The Labute approximate surface area is 69.1 Å². The molecular weight excluding hydrogens is 250 g/mol. The van der Waals surface area contributed by atoms with E-state index in [1.165, 1.54) is 4.68 Å².